The minimum absolute atomic E-state index is 0.155. The lowest BCUT2D eigenvalue weighted by molar-refractivity contribution is 0.0719. The van der Waals surface area contributed by atoms with Gasteiger partial charge in [-0.25, -0.2) is 8.42 Å². The first-order chi connectivity index (χ1) is 14.8. The number of nitrogens with one attached hydrogen (secondary N) is 1. The number of hydrogen-bond acceptors (Lipinski definition) is 6. The molecule has 0 aromatic heterocycles. The highest BCUT2D eigenvalue weighted by atomic mass is 32.2. The van der Waals surface area contributed by atoms with Gasteiger partial charge in [0.25, 0.3) is 5.91 Å². The zero-order valence-electron chi connectivity index (χ0n) is 18.1. The van der Waals surface area contributed by atoms with Crippen LogP contribution in [0.2, 0.25) is 0 Å². The van der Waals surface area contributed by atoms with Gasteiger partial charge in [0.05, 0.1) is 31.6 Å². The fourth-order valence-electron chi connectivity index (χ4n) is 4.07. The molecule has 0 spiro atoms. The van der Waals surface area contributed by atoms with Gasteiger partial charge in [-0.05, 0) is 48.1 Å². The molecule has 1 unspecified atom stereocenters. The van der Waals surface area contributed by atoms with Crippen molar-refractivity contribution in [3.8, 4) is 11.5 Å². The highest BCUT2D eigenvalue weighted by Crippen LogP contribution is 2.39. The van der Waals surface area contributed by atoms with Crippen LogP contribution in [0.25, 0.3) is 0 Å². The van der Waals surface area contributed by atoms with E-state index in [1.54, 1.807) is 30.2 Å². The van der Waals surface area contributed by atoms with E-state index in [9.17, 15) is 13.2 Å². The van der Waals surface area contributed by atoms with Gasteiger partial charge < -0.3 is 19.7 Å². The number of benzene rings is 2. The molecule has 7 nitrogen and oxygen atoms in total. The Balaban J connectivity index is 1.69. The second-order valence-electron chi connectivity index (χ2n) is 8.32. The number of ether oxygens (including phenoxy) is 2. The number of sulfone groups is 1. The van der Waals surface area contributed by atoms with Crippen molar-refractivity contribution in [1.82, 2.24) is 4.90 Å². The maximum absolute atomic E-state index is 13.5. The average molecular weight is 445 g/mol. The molecule has 1 amide bonds. The molecular formula is C23H28N2O5S. The summed E-state index contributed by atoms with van der Waals surface area (Å²) in [5.41, 5.74) is 3.06. The molecule has 0 bridgehead atoms. The molecule has 1 aliphatic carbocycles. The Morgan fingerprint density at radius 2 is 1.87 bits per heavy atom. The van der Waals surface area contributed by atoms with E-state index in [1.807, 2.05) is 18.2 Å². The van der Waals surface area contributed by atoms with Crippen molar-refractivity contribution in [3.63, 3.8) is 0 Å². The zero-order valence-corrected chi connectivity index (χ0v) is 18.9. The average Bonchev–Trinajstić information content (AvgIpc) is 3.51. The first-order valence-electron chi connectivity index (χ1n) is 10.4. The van der Waals surface area contributed by atoms with E-state index in [0.29, 0.717) is 35.1 Å². The van der Waals surface area contributed by atoms with Crippen molar-refractivity contribution in [2.45, 2.75) is 25.4 Å². The van der Waals surface area contributed by atoms with E-state index >= 15 is 0 Å². The number of fused-ring (bicyclic) bond motifs is 1. The number of hydrogen-bond donors (Lipinski definition) is 1. The highest BCUT2D eigenvalue weighted by molar-refractivity contribution is 7.90. The van der Waals surface area contributed by atoms with Crippen LogP contribution in [0.3, 0.4) is 0 Å². The molecule has 0 radical (unpaired) electrons. The summed E-state index contributed by atoms with van der Waals surface area (Å²) in [5.74, 6) is 1.39. The summed E-state index contributed by atoms with van der Waals surface area (Å²) >= 11 is 0. The molecule has 8 heteroatoms. The zero-order chi connectivity index (χ0) is 22.2. The molecule has 0 saturated heterocycles. The van der Waals surface area contributed by atoms with Crippen LogP contribution in [0, 0.1) is 5.92 Å². The SMILES string of the molecule is COc1ccc(C(CS(C)(=O)=O)N2Cc3cccc(NCC4CC4)c3C2=O)cc1OC. The van der Waals surface area contributed by atoms with E-state index in [1.165, 1.54) is 26.2 Å². The summed E-state index contributed by atoms with van der Waals surface area (Å²) < 4.78 is 35.3. The summed E-state index contributed by atoms with van der Waals surface area (Å²) in [5, 5.41) is 3.42. The van der Waals surface area contributed by atoms with Crippen LogP contribution >= 0.6 is 0 Å². The number of methoxy groups -OCH3 is 2. The third kappa shape index (κ3) is 4.63. The Kier molecular flexibility index (Phi) is 5.83. The Bertz CT molecular complexity index is 1100. The lowest BCUT2D eigenvalue weighted by Gasteiger charge is -2.28. The van der Waals surface area contributed by atoms with Gasteiger partial charge in [-0.1, -0.05) is 18.2 Å². The third-order valence-electron chi connectivity index (χ3n) is 5.87. The van der Waals surface area contributed by atoms with Gasteiger partial charge >= 0.3 is 0 Å². The van der Waals surface area contributed by atoms with Crippen molar-refractivity contribution < 1.29 is 22.7 Å². The molecule has 1 aliphatic heterocycles. The number of anilines is 1. The molecule has 166 valence electrons. The van der Waals surface area contributed by atoms with E-state index in [0.717, 1.165) is 17.8 Å². The maximum atomic E-state index is 13.5. The van der Waals surface area contributed by atoms with Crippen LogP contribution in [0.1, 0.15) is 40.4 Å². The van der Waals surface area contributed by atoms with Crippen LogP contribution in [-0.2, 0) is 16.4 Å². The fourth-order valence-corrected chi connectivity index (χ4v) is 5.02. The topological polar surface area (TPSA) is 84.9 Å². The van der Waals surface area contributed by atoms with Gasteiger partial charge in [0.15, 0.2) is 11.5 Å². The van der Waals surface area contributed by atoms with Gasteiger partial charge in [-0.15, -0.1) is 0 Å². The van der Waals surface area contributed by atoms with Gasteiger partial charge in [0.2, 0.25) is 0 Å². The Morgan fingerprint density at radius 1 is 1.13 bits per heavy atom. The molecular weight excluding hydrogens is 416 g/mol. The van der Waals surface area contributed by atoms with E-state index < -0.39 is 15.9 Å². The molecule has 2 aromatic rings. The molecule has 2 aliphatic rings. The normalized spacial score (nSPS) is 16.7. The van der Waals surface area contributed by atoms with E-state index in [2.05, 4.69) is 5.32 Å². The summed E-state index contributed by atoms with van der Waals surface area (Å²) in [6.45, 7) is 1.22. The number of amides is 1. The lowest BCUT2D eigenvalue weighted by atomic mass is 10.1. The molecule has 1 N–H and O–H groups in total. The van der Waals surface area contributed by atoms with Crippen LogP contribution < -0.4 is 14.8 Å². The smallest absolute Gasteiger partial charge is 0.257 e. The van der Waals surface area contributed by atoms with Gasteiger partial charge in [0, 0.05) is 25.0 Å². The standard InChI is InChI=1S/C23H28N2O5S/c1-29-20-10-9-16(11-21(20)30-2)19(14-31(3,27)28)25-13-17-5-4-6-18(22(17)23(25)26)24-12-15-7-8-15/h4-6,9-11,15,19,24H,7-8,12-14H2,1-3H3. The third-order valence-corrected chi connectivity index (χ3v) is 6.79. The first kappa shape index (κ1) is 21.5. The maximum Gasteiger partial charge on any atom is 0.257 e. The van der Waals surface area contributed by atoms with Crippen LogP contribution in [0.5, 0.6) is 11.5 Å². The second-order valence-corrected chi connectivity index (χ2v) is 10.5. The molecule has 4 rings (SSSR count). The summed E-state index contributed by atoms with van der Waals surface area (Å²) in [4.78, 5) is 15.1. The predicted molar refractivity (Wildman–Crippen MR) is 120 cm³/mol. The van der Waals surface area contributed by atoms with Gasteiger partial charge in [-0.2, -0.15) is 0 Å². The van der Waals surface area contributed by atoms with Crippen LogP contribution in [0.15, 0.2) is 36.4 Å². The number of rotatable bonds is 9. The summed E-state index contributed by atoms with van der Waals surface area (Å²) in [6, 6.07) is 10.4. The number of nitrogens with zero attached hydrogens (tertiary/aromatic N) is 1. The van der Waals surface area contributed by atoms with Crippen molar-refractivity contribution in [2.75, 3.05) is 38.1 Å². The summed E-state index contributed by atoms with van der Waals surface area (Å²) in [7, 11) is -0.286. The van der Waals surface area contributed by atoms with Crippen molar-refractivity contribution >= 4 is 21.4 Å². The Hall–Kier alpha value is -2.74. The number of carbonyl (C=O) groups is 1. The largest absolute Gasteiger partial charge is 0.493 e. The minimum Gasteiger partial charge on any atom is -0.493 e. The van der Waals surface area contributed by atoms with E-state index in [4.69, 9.17) is 9.47 Å². The van der Waals surface area contributed by atoms with Gasteiger partial charge in [0.1, 0.15) is 9.84 Å². The fraction of sp³-hybridized carbons (Fsp3) is 0.435. The Morgan fingerprint density at radius 3 is 2.52 bits per heavy atom. The Labute approximate surface area is 183 Å². The quantitative estimate of drug-likeness (QED) is 0.639. The highest BCUT2D eigenvalue weighted by Gasteiger charge is 2.37. The lowest BCUT2D eigenvalue weighted by Crippen LogP contribution is -2.34. The minimum atomic E-state index is -3.36. The molecule has 31 heavy (non-hydrogen) atoms. The molecule has 1 saturated carbocycles. The van der Waals surface area contributed by atoms with E-state index in [-0.39, 0.29) is 11.7 Å². The second kappa shape index (κ2) is 8.42. The van der Waals surface area contributed by atoms with Crippen LogP contribution in [0.4, 0.5) is 5.69 Å². The molecule has 1 heterocycles. The predicted octanol–water partition coefficient (Wildman–Crippen LogP) is 3.27. The molecule has 1 fully saturated rings. The monoisotopic (exact) mass is 444 g/mol. The number of carbonyl (C=O) groups excluding carboxylic acids is 1. The summed E-state index contributed by atoms with van der Waals surface area (Å²) in [6.07, 6.45) is 3.63. The van der Waals surface area contributed by atoms with Crippen LogP contribution in [-0.4, -0.2) is 52.0 Å². The van der Waals surface area contributed by atoms with Gasteiger partial charge in [-0.3, -0.25) is 4.79 Å². The van der Waals surface area contributed by atoms with Crippen molar-refractivity contribution in [2.24, 2.45) is 5.92 Å². The van der Waals surface area contributed by atoms with Crippen molar-refractivity contribution in [3.05, 3.63) is 53.1 Å². The van der Waals surface area contributed by atoms with Crippen molar-refractivity contribution in [1.29, 1.82) is 0 Å². The molecule has 2 aromatic carbocycles. The molecule has 1 atom stereocenters. The first-order valence-corrected chi connectivity index (χ1v) is 12.4.